The molecule has 0 spiro atoms. The van der Waals surface area contributed by atoms with Crippen molar-refractivity contribution in [3.8, 4) is 22.6 Å². The molecule has 0 aliphatic carbocycles. The average Bonchev–Trinajstić information content (AvgIpc) is 2.64. The van der Waals surface area contributed by atoms with Crippen LogP contribution in [0, 0.1) is 0 Å². The molecule has 0 aliphatic rings. The van der Waals surface area contributed by atoms with Crippen LogP contribution < -0.4 is 4.74 Å². The molecule has 27 heavy (non-hydrogen) atoms. The van der Waals surface area contributed by atoms with Gasteiger partial charge in [0, 0.05) is 5.56 Å². The van der Waals surface area contributed by atoms with Gasteiger partial charge in [0.1, 0.15) is 17.8 Å². The predicted octanol–water partition coefficient (Wildman–Crippen LogP) is 3.94. The summed E-state index contributed by atoms with van der Waals surface area (Å²) in [5.74, 6) is -0.689. The van der Waals surface area contributed by atoms with Gasteiger partial charge in [-0.05, 0) is 53.8 Å². The van der Waals surface area contributed by atoms with Gasteiger partial charge in [0.15, 0.2) is 0 Å². The molecule has 2 N–H and O–H groups in total. The fourth-order valence-electron chi connectivity index (χ4n) is 2.73. The fourth-order valence-corrected chi connectivity index (χ4v) is 2.73. The summed E-state index contributed by atoms with van der Waals surface area (Å²) < 4.78 is 5.53. The Morgan fingerprint density at radius 2 is 1.85 bits per heavy atom. The van der Waals surface area contributed by atoms with Crippen molar-refractivity contribution < 1.29 is 24.5 Å². The van der Waals surface area contributed by atoms with Gasteiger partial charge >= 0.3 is 5.97 Å². The number of hydrogen-bond acceptors (Lipinski definition) is 4. The van der Waals surface area contributed by atoms with Gasteiger partial charge in [-0.1, -0.05) is 24.3 Å². The number of carboxylic acids is 1. The smallest absolute Gasteiger partial charge is 0.345 e. The normalized spacial score (nSPS) is 11.4. The summed E-state index contributed by atoms with van der Waals surface area (Å²) in [4.78, 5) is 21.9. The third-order valence-corrected chi connectivity index (χ3v) is 4.03. The molecular weight excluding hydrogens is 344 g/mol. The molecule has 0 saturated heterocycles. The standard InChI is InChI=1S/C22H22O5/c1-3-5-15-7-9-19(24)18(13-15)16-8-10-20(17(14-16)6-4-2)27-21(11-12-23)22(25)26/h3-4,7-10,12-14,21,24H,1-2,5-6,11H2,(H,25,26). The van der Waals surface area contributed by atoms with E-state index in [1.807, 2.05) is 18.2 Å². The molecule has 5 nitrogen and oxygen atoms in total. The van der Waals surface area contributed by atoms with E-state index in [1.165, 1.54) is 0 Å². The molecule has 2 aromatic rings. The highest BCUT2D eigenvalue weighted by Gasteiger charge is 2.20. The Hall–Kier alpha value is -3.34. The molecule has 0 saturated carbocycles. The Morgan fingerprint density at radius 3 is 2.48 bits per heavy atom. The van der Waals surface area contributed by atoms with Crippen LogP contribution in [-0.2, 0) is 22.4 Å². The van der Waals surface area contributed by atoms with Gasteiger partial charge in [-0.25, -0.2) is 4.79 Å². The maximum Gasteiger partial charge on any atom is 0.345 e. The largest absolute Gasteiger partial charge is 0.507 e. The highest BCUT2D eigenvalue weighted by Crippen LogP contribution is 2.34. The number of phenolic OH excluding ortho intramolecular Hbond substituents is 1. The molecule has 0 radical (unpaired) electrons. The molecule has 1 unspecified atom stereocenters. The second-order valence-electron chi connectivity index (χ2n) is 6.01. The van der Waals surface area contributed by atoms with Gasteiger partial charge in [0.25, 0.3) is 0 Å². The lowest BCUT2D eigenvalue weighted by atomic mass is 9.97. The molecule has 140 valence electrons. The van der Waals surface area contributed by atoms with Crippen molar-refractivity contribution in [1.29, 1.82) is 0 Å². The second-order valence-corrected chi connectivity index (χ2v) is 6.01. The molecule has 5 heteroatoms. The van der Waals surface area contributed by atoms with Gasteiger partial charge in [0.2, 0.25) is 6.10 Å². The highest BCUT2D eigenvalue weighted by atomic mass is 16.5. The maximum atomic E-state index is 11.2. The van der Waals surface area contributed by atoms with Crippen LogP contribution in [0.25, 0.3) is 11.1 Å². The molecule has 0 fully saturated rings. The number of aromatic hydroxyl groups is 1. The summed E-state index contributed by atoms with van der Waals surface area (Å²) in [5, 5.41) is 19.4. The van der Waals surface area contributed by atoms with Gasteiger partial charge in [-0.2, -0.15) is 0 Å². The molecule has 0 aromatic heterocycles. The van der Waals surface area contributed by atoms with Crippen molar-refractivity contribution in [2.45, 2.75) is 25.4 Å². The van der Waals surface area contributed by atoms with Crippen LogP contribution in [0.2, 0.25) is 0 Å². The number of carboxylic acid groups (broad SMARTS) is 1. The fraction of sp³-hybridized carbons (Fsp3) is 0.182. The highest BCUT2D eigenvalue weighted by molar-refractivity contribution is 5.77. The minimum Gasteiger partial charge on any atom is -0.507 e. The first kappa shape index (κ1) is 20.0. The number of rotatable bonds is 10. The minimum atomic E-state index is -1.25. The monoisotopic (exact) mass is 366 g/mol. The van der Waals surface area contributed by atoms with E-state index in [4.69, 9.17) is 4.74 Å². The van der Waals surface area contributed by atoms with Crippen LogP contribution in [0.4, 0.5) is 0 Å². The first-order valence-electron chi connectivity index (χ1n) is 8.50. The number of hydrogen-bond donors (Lipinski definition) is 2. The third kappa shape index (κ3) is 5.07. The van der Waals surface area contributed by atoms with Crippen LogP contribution in [-0.4, -0.2) is 28.6 Å². The van der Waals surface area contributed by atoms with E-state index in [9.17, 15) is 19.8 Å². The predicted molar refractivity (Wildman–Crippen MR) is 104 cm³/mol. The van der Waals surface area contributed by atoms with Crippen molar-refractivity contribution in [2.75, 3.05) is 0 Å². The van der Waals surface area contributed by atoms with E-state index >= 15 is 0 Å². The molecule has 2 rings (SSSR count). The zero-order valence-electron chi connectivity index (χ0n) is 14.9. The first-order valence-corrected chi connectivity index (χ1v) is 8.50. The van der Waals surface area contributed by atoms with E-state index in [1.54, 1.807) is 30.4 Å². The van der Waals surface area contributed by atoms with Crippen LogP contribution in [0.3, 0.4) is 0 Å². The Labute approximate surface area is 158 Å². The molecule has 0 bridgehead atoms. The number of carbonyl (C=O) groups is 2. The number of aliphatic carboxylic acids is 1. The molecule has 1 atom stereocenters. The molecule has 0 heterocycles. The zero-order valence-corrected chi connectivity index (χ0v) is 14.9. The number of benzene rings is 2. The van der Waals surface area contributed by atoms with E-state index in [2.05, 4.69) is 13.2 Å². The summed E-state index contributed by atoms with van der Waals surface area (Å²) in [6, 6.07) is 10.6. The maximum absolute atomic E-state index is 11.2. The number of ether oxygens (including phenoxy) is 1. The second kappa shape index (κ2) is 9.38. The topological polar surface area (TPSA) is 83.8 Å². The van der Waals surface area contributed by atoms with E-state index in [0.29, 0.717) is 36.0 Å². The summed E-state index contributed by atoms with van der Waals surface area (Å²) in [7, 11) is 0. The van der Waals surface area contributed by atoms with Crippen LogP contribution >= 0.6 is 0 Å². The number of carbonyl (C=O) groups excluding carboxylic acids is 1. The Balaban J connectivity index is 2.44. The lowest BCUT2D eigenvalue weighted by Gasteiger charge is -2.17. The minimum absolute atomic E-state index is 0.144. The lowest BCUT2D eigenvalue weighted by Crippen LogP contribution is -2.27. The van der Waals surface area contributed by atoms with Crippen LogP contribution in [0.5, 0.6) is 11.5 Å². The zero-order chi connectivity index (χ0) is 19.8. The van der Waals surface area contributed by atoms with E-state index < -0.39 is 12.1 Å². The number of phenols is 1. The third-order valence-electron chi connectivity index (χ3n) is 4.03. The average molecular weight is 366 g/mol. The molecular formula is C22H22O5. The van der Waals surface area contributed by atoms with Gasteiger partial charge in [-0.3, -0.25) is 0 Å². The SMILES string of the molecule is C=CCc1ccc(O)c(-c2ccc(OC(CC=O)C(=O)O)c(CC=C)c2)c1. The molecule has 0 aliphatic heterocycles. The van der Waals surface area contributed by atoms with Crippen molar-refractivity contribution in [3.63, 3.8) is 0 Å². The Kier molecular flexibility index (Phi) is 6.94. The van der Waals surface area contributed by atoms with E-state index in [-0.39, 0.29) is 12.2 Å². The van der Waals surface area contributed by atoms with Crippen LogP contribution in [0.1, 0.15) is 17.5 Å². The first-order chi connectivity index (χ1) is 13.0. The van der Waals surface area contributed by atoms with Gasteiger partial charge in [0.05, 0.1) is 6.42 Å². The number of allylic oxidation sites excluding steroid dienone is 2. The molecule has 2 aromatic carbocycles. The number of aldehydes is 1. The van der Waals surface area contributed by atoms with Gasteiger partial charge < -0.3 is 19.7 Å². The Bertz CT molecular complexity index is 854. The van der Waals surface area contributed by atoms with Crippen molar-refractivity contribution in [1.82, 2.24) is 0 Å². The van der Waals surface area contributed by atoms with Gasteiger partial charge in [-0.15, -0.1) is 13.2 Å². The van der Waals surface area contributed by atoms with Crippen molar-refractivity contribution in [3.05, 3.63) is 72.8 Å². The summed E-state index contributed by atoms with van der Waals surface area (Å²) in [5.41, 5.74) is 3.16. The Morgan fingerprint density at radius 1 is 1.11 bits per heavy atom. The lowest BCUT2D eigenvalue weighted by molar-refractivity contribution is -0.146. The summed E-state index contributed by atoms with van der Waals surface area (Å²) >= 11 is 0. The quantitative estimate of drug-likeness (QED) is 0.491. The summed E-state index contributed by atoms with van der Waals surface area (Å²) in [6.45, 7) is 7.44. The molecule has 0 amide bonds. The van der Waals surface area contributed by atoms with Crippen molar-refractivity contribution >= 4 is 12.3 Å². The summed E-state index contributed by atoms with van der Waals surface area (Å²) in [6.07, 6.45) is 3.62. The van der Waals surface area contributed by atoms with Crippen molar-refractivity contribution in [2.24, 2.45) is 0 Å². The van der Waals surface area contributed by atoms with Crippen LogP contribution in [0.15, 0.2) is 61.7 Å². The van der Waals surface area contributed by atoms with E-state index in [0.717, 1.165) is 11.1 Å².